The first-order valence-electron chi connectivity index (χ1n) is 9.83. The molecule has 0 saturated heterocycles. The zero-order chi connectivity index (χ0) is 20.5. The highest BCUT2D eigenvalue weighted by molar-refractivity contribution is 5.79. The second kappa shape index (κ2) is 10.3. The lowest BCUT2D eigenvalue weighted by atomic mass is 10.2. The molecule has 0 unspecified atom stereocenters. The number of hydrogen-bond donors (Lipinski definition) is 2. The largest absolute Gasteiger partial charge is 0.457 e. The van der Waals surface area contributed by atoms with E-state index in [2.05, 4.69) is 38.8 Å². The van der Waals surface area contributed by atoms with Gasteiger partial charge in [-0.3, -0.25) is 4.99 Å². The summed E-state index contributed by atoms with van der Waals surface area (Å²) < 4.78 is 8.19. The van der Waals surface area contributed by atoms with Crippen LogP contribution >= 0.6 is 0 Å². The molecule has 0 spiro atoms. The number of benzene rings is 2. The van der Waals surface area contributed by atoms with Crippen molar-refractivity contribution in [2.75, 3.05) is 13.6 Å². The zero-order valence-electron chi connectivity index (χ0n) is 17.2. The molecule has 2 N–H and O–H groups in total. The van der Waals surface area contributed by atoms with Gasteiger partial charge in [-0.1, -0.05) is 43.3 Å². The Morgan fingerprint density at radius 1 is 1.07 bits per heavy atom. The van der Waals surface area contributed by atoms with Crippen LogP contribution < -0.4 is 15.4 Å². The molecule has 0 fully saturated rings. The predicted molar refractivity (Wildman–Crippen MR) is 115 cm³/mol. The van der Waals surface area contributed by atoms with Crippen molar-refractivity contribution in [2.45, 2.75) is 33.4 Å². The van der Waals surface area contributed by atoms with Gasteiger partial charge in [-0.05, 0) is 24.6 Å². The molecule has 3 aromatic rings. The van der Waals surface area contributed by atoms with Gasteiger partial charge in [-0.15, -0.1) is 10.2 Å². The number of aryl methyl sites for hydroxylation is 2. The van der Waals surface area contributed by atoms with Gasteiger partial charge in [-0.2, -0.15) is 0 Å². The SMILES string of the molecule is CCc1nncn1CCNC(=NC)NCc1ccccc1Oc1ccccc1C. The molecule has 0 atom stereocenters. The fourth-order valence-electron chi connectivity index (χ4n) is 2.97. The summed E-state index contributed by atoms with van der Waals surface area (Å²) in [6.07, 6.45) is 2.63. The molecule has 0 aliphatic heterocycles. The zero-order valence-corrected chi connectivity index (χ0v) is 17.2. The predicted octanol–water partition coefficient (Wildman–Crippen LogP) is 3.31. The van der Waals surface area contributed by atoms with Crippen LogP contribution in [0.3, 0.4) is 0 Å². The molecule has 2 aromatic carbocycles. The van der Waals surface area contributed by atoms with Crippen LogP contribution in [0.4, 0.5) is 0 Å². The van der Waals surface area contributed by atoms with Gasteiger partial charge in [0, 0.05) is 38.7 Å². The summed E-state index contributed by atoms with van der Waals surface area (Å²) in [5, 5.41) is 14.7. The first kappa shape index (κ1) is 20.4. The first-order valence-corrected chi connectivity index (χ1v) is 9.83. The van der Waals surface area contributed by atoms with Gasteiger partial charge in [0.25, 0.3) is 0 Å². The van der Waals surface area contributed by atoms with Crippen molar-refractivity contribution in [1.82, 2.24) is 25.4 Å². The number of nitrogens with one attached hydrogen (secondary N) is 2. The Bertz CT molecular complexity index is 950. The van der Waals surface area contributed by atoms with Gasteiger partial charge < -0.3 is 19.9 Å². The average molecular weight is 393 g/mol. The van der Waals surface area contributed by atoms with Crippen LogP contribution in [0.1, 0.15) is 23.9 Å². The van der Waals surface area contributed by atoms with E-state index in [1.54, 1.807) is 13.4 Å². The lowest BCUT2D eigenvalue weighted by Crippen LogP contribution is -2.38. The van der Waals surface area contributed by atoms with Crippen molar-refractivity contribution >= 4 is 5.96 Å². The third-order valence-electron chi connectivity index (χ3n) is 4.61. The van der Waals surface area contributed by atoms with Crippen LogP contribution in [0, 0.1) is 6.92 Å². The van der Waals surface area contributed by atoms with E-state index >= 15 is 0 Å². The van der Waals surface area contributed by atoms with E-state index in [1.165, 1.54) is 0 Å². The van der Waals surface area contributed by atoms with Gasteiger partial charge in [0.2, 0.25) is 0 Å². The first-order chi connectivity index (χ1) is 14.2. The van der Waals surface area contributed by atoms with Crippen molar-refractivity contribution < 1.29 is 4.74 Å². The van der Waals surface area contributed by atoms with Crippen LogP contribution in [0.5, 0.6) is 11.5 Å². The number of para-hydroxylation sites is 2. The second-order valence-corrected chi connectivity index (χ2v) is 6.62. The van der Waals surface area contributed by atoms with Crippen molar-refractivity contribution in [1.29, 1.82) is 0 Å². The minimum Gasteiger partial charge on any atom is -0.457 e. The molecule has 0 amide bonds. The van der Waals surface area contributed by atoms with Gasteiger partial charge in [0.1, 0.15) is 23.7 Å². The maximum atomic E-state index is 6.14. The topological polar surface area (TPSA) is 76.4 Å². The van der Waals surface area contributed by atoms with E-state index in [0.717, 1.165) is 53.9 Å². The number of guanidine groups is 1. The third kappa shape index (κ3) is 5.57. The smallest absolute Gasteiger partial charge is 0.191 e. The quantitative estimate of drug-likeness (QED) is 0.454. The Balaban J connectivity index is 1.56. The fourth-order valence-corrected chi connectivity index (χ4v) is 2.97. The molecule has 1 heterocycles. The van der Waals surface area contributed by atoms with Crippen molar-refractivity contribution in [3.8, 4) is 11.5 Å². The van der Waals surface area contributed by atoms with E-state index in [9.17, 15) is 0 Å². The minimum absolute atomic E-state index is 0.606. The molecule has 0 aliphatic rings. The number of aliphatic imine (C=N–C) groups is 1. The highest BCUT2D eigenvalue weighted by atomic mass is 16.5. The van der Waals surface area contributed by atoms with Crippen molar-refractivity contribution in [2.24, 2.45) is 4.99 Å². The summed E-state index contributed by atoms with van der Waals surface area (Å²) in [5.41, 5.74) is 2.17. The summed E-state index contributed by atoms with van der Waals surface area (Å²) in [5.74, 6) is 3.42. The van der Waals surface area contributed by atoms with Crippen LogP contribution in [-0.2, 0) is 19.5 Å². The molecule has 152 valence electrons. The van der Waals surface area contributed by atoms with Crippen LogP contribution in [0.15, 0.2) is 59.9 Å². The summed E-state index contributed by atoms with van der Waals surface area (Å²) in [7, 11) is 1.77. The fraction of sp³-hybridized carbons (Fsp3) is 0.318. The lowest BCUT2D eigenvalue weighted by Gasteiger charge is -2.15. The molecule has 7 heteroatoms. The molecule has 0 aliphatic carbocycles. The monoisotopic (exact) mass is 392 g/mol. The van der Waals surface area contributed by atoms with E-state index in [0.29, 0.717) is 6.54 Å². The van der Waals surface area contributed by atoms with E-state index in [4.69, 9.17) is 4.74 Å². The average Bonchev–Trinajstić information content (AvgIpc) is 3.20. The van der Waals surface area contributed by atoms with E-state index < -0.39 is 0 Å². The van der Waals surface area contributed by atoms with Gasteiger partial charge in [-0.25, -0.2) is 0 Å². The number of ether oxygens (including phenoxy) is 1. The number of aromatic nitrogens is 3. The van der Waals surface area contributed by atoms with Gasteiger partial charge in [0.15, 0.2) is 5.96 Å². The number of rotatable bonds is 8. The Hall–Kier alpha value is -3.35. The summed E-state index contributed by atoms with van der Waals surface area (Å²) in [6.45, 7) is 6.23. The summed E-state index contributed by atoms with van der Waals surface area (Å²) in [6, 6.07) is 16.0. The van der Waals surface area contributed by atoms with Crippen LogP contribution in [0.25, 0.3) is 0 Å². The molecule has 29 heavy (non-hydrogen) atoms. The van der Waals surface area contributed by atoms with Crippen molar-refractivity contribution in [3.05, 3.63) is 71.8 Å². The molecular weight excluding hydrogens is 364 g/mol. The summed E-state index contributed by atoms with van der Waals surface area (Å²) in [4.78, 5) is 4.31. The molecule has 0 bridgehead atoms. The Morgan fingerprint density at radius 2 is 1.83 bits per heavy atom. The third-order valence-corrected chi connectivity index (χ3v) is 4.61. The maximum absolute atomic E-state index is 6.14. The lowest BCUT2D eigenvalue weighted by molar-refractivity contribution is 0.471. The number of hydrogen-bond acceptors (Lipinski definition) is 4. The van der Waals surface area contributed by atoms with Crippen LogP contribution in [-0.4, -0.2) is 34.3 Å². The van der Waals surface area contributed by atoms with Crippen LogP contribution in [0.2, 0.25) is 0 Å². The number of nitrogens with zero attached hydrogens (tertiary/aromatic N) is 4. The minimum atomic E-state index is 0.606. The van der Waals surface area contributed by atoms with Gasteiger partial charge >= 0.3 is 0 Å². The Kier molecular flexibility index (Phi) is 7.22. The molecular formula is C22H28N6O. The Labute approximate surface area is 171 Å². The standard InChI is InChI=1S/C22H28N6O/c1-4-21-27-26-16-28(21)14-13-24-22(23-3)25-15-18-10-6-8-12-20(18)29-19-11-7-5-9-17(19)2/h5-12,16H,4,13-15H2,1-3H3,(H2,23,24,25). The van der Waals surface area contributed by atoms with Gasteiger partial charge in [0.05, 0.1) is 0 Å². The second-order valence-electron chi connectivity index (χ2n) is 6.62. The molecule has 0 radical (unpaired) electrons. The molecule has 1 aromatic heterocycles. The van der Waals surface area contributed by atoms with Crippen molar-refractivity contribution in [3.63, 3.8) is 0 Å². The molecule has 0 saturated carbocycles. The van der Waals surface area contributed by atoms with E-state index in [-0.39, 0.29) is 0 Å². The maximum Gasteiger partial charge on any atom is 0.191 e. The normalized spacial score (nSPS) is 11.3. The highest BCUT2D eigenvalue weighted by Gasteiger charge is 2.07. The highest BCUT2D eigenvalue weighted by Crippen LogP contribution is 2.27. The Morgan fingerprint density at radius 3 is 2.59 bits per heavy atom. The summed E-state index contributed by atoms with van der Waals surface area (Å²) >= 11 is 0. The van der Waals surface area contributed by atoms with E-state index in [1.807, 2.05) is 54.0 Å². The molecule has 7 nitrogen and oxygen atoms in total. The molecule has 3 rings (SSSR count).